The van der Waals surface area contributed by atoms with Gasteiger partial charge in [-0.3, -0.25) is 9.59 Å². The van der Waals surface area contributed by atoms with Crippen LogP contribution in [-0.2, 0) is 4.79 Å². The second kappa shape index (κ2) is 9.01. The van der Waals surface area contributed by atoms with E-state index in [0.29, 0.717) is 33.8 Å². The van der Waals surface area contributed by atoms with Gasteiger partial charge in [-0.2, -0.15) is 0 Å². The normalized spacial score (nSPS) is 10.2. The predicted molar refractivity (Wildman–Crippen MR) is 104 cm³/mol. The molecule has 132 valence electrons. The molecule has 2 aromatic carbocycles. The summed E-state index contributed by atoms with van der Waals surface area (Å²) in [5, 5.41) is 2.78. The second-order valence-electron chi connectivity index (χ2n) is 5.20. The van der Waals surface area contributed by atoms with Crippen LogP contribution in [0.1, 0.15) is 22.8 Å². The number of rotatable bonds is 7. The van der Waals surface area contributed by atoms with Crippen LogP contribution in [0.15, 0.2) is 39.3 Å². The monoisotopic (exact) mass is 469 g/mol. The van der Waals surface area contributed by atoms with Gasteiger partial charge < -0.3 is 14.8 Å². The zero-order valence-electron chi connectivity index (χ0n) is 13.8. The highest BCUT2D eigenvalue weighted by Gasteiger charge is 2.14. The van der Waals surface area contributed by atoms with E-state index in [1.165, 1.54) is 0 Å². The first kappa shape index (κ1) is 19.5. The lowest BCUT2D eigenvalue weighted by atomic mass is 10.2. The molecule has 5 nitrogen and oxygen atoms in total. The van der Waals surface area contributed by atoms with Crippen LogP contribution < -0.4 is 14.8 Å². The third-order valence-electron chi connectivity index (χ3n) is 3.21. The molecule has 0 aliphatic heterocycles. The molecule has 25 heavy (non-hydrogen) atoms. The van der Waals surface area contributed by atoms with Crippen molar-refractivity contribution in [1.29, 1.82) is 0 Å². The topological polar surface area (TPSA) is 64.6 Å². The van der Waals surface area contributed by atoms with Gasteiger partial charge in [0.05, 0.1) is 16.8 Å². The molecule has 0 spiro atoms. The number of halogens is 2. The van der Waals surface area contributed by atoms with Gasteiger partial charge in [0, 0.05) is 10.0 Å². The van der Waals surface area contributed by atoms with Crippen molar-refractivity contribution in [1.82, 2.24) is 0 Å². The van der Waals surface area contributed by atoms with Crippen molar-refractivity contribution in [3.63, 3.8) is 0 Å². The van der Waals surface area contributed by atoms with E-state index in [0.717, 1.165) is 16.3 Å². The molecule has 0 bridgehead atoms. The van der Waals surface area contributed by atoms with E-state index in [-0.39, 0.29) is 12.5 Å². The molecule has 0 saturated carbocycles. The minimum Gasteiger partial charge on any atom is -0.490 e. The highest BCUT2D eigenvalue weighted by Crippen LogP contribution is 2.36. The summed E-state index contributed by atoms with van der Waals surface area (Å²) in [4.78, 5) is 23.1. The van der Waals surface area contributed by atoms with Gasteiger partial charge >= 0.3 is 0 Å². The lowest BCUT2D eigenvalue weighted by Gasteiger charge is -2.14. The maximum absolute atomic E-state index is 12.2. The number of aldehydes is 1. The zero-order valence-corrected chi connectivity index (χ0v) is 16.9. The first-order valence-electron chi connectivity index (χ1n) is 7.55. The molecule has 0 radical (unpaired) electrons. The van der Waals surface area contributed by atoms with Crippen molar-refractivity contribution in [3.8, 4) is 11.5 Å². The Morgan fingerprint density at radius 2 is 1.92 bits per heavy atom. The van der Waals surface area contributed by atoms with Gasteiger partial charge in [-0.1, -0.05) is 6.07 Å². The van der Waals surface area contributed by atoms with E-state index >= 15 is 0 Å². The Morgan fingerprint density at radius 3 is 2.56 bits per heavy atom. The first-order chi connectivity index (χ1) is 11.9. The van der Waals surface area contributed by atoms with E-state index in [9.17, 15) is 9.59 Å². The van der Waals surface area contributed by atoms with Crippen LogP contribution in [0.2, 0.25) is 0 Å². The van der Waals surface area contributed by atoms with Crippen LogP contribution in [0.25, 0.3) is 0 Å². The van der Waals surface area contributed by atoms with E-state index in [1.54, 1.807) is 12.1 Å². The molecular weight excluding hydrogens is 454 g/mol. The Hall–Kier alpha value is -1.86. The fourth-order valence-corrected chi connectivity index (χ4v) is 3.27. The van der Waals surface area contributed by atoms with Crippen molar-refractivity contribution < 1.29 is 19.1 Å². The molecule has 7 heteroatoms. The summed E-state index contributed by atoms with van der Waals surface area (Å²) in [6.07, 6.45) is 0.721. The number of hydrogen-bond donors (Lipinski definition) is 1. The molecule has 1 amide bonds. The summed E-state index contributed by atoms with van der Waals surface area (Å²) in [5.74, 6) is 0.479. The average Bonchev–Trinajstić information content (AvgIpc) is 2.56. The molecule has 0 atom stereocenters. The van der Waals surface area contributed by atoms with Crippen LogP contribution in [0, 0.1) is 6.92 Å². The Labute approximate surface area is 163 Å². The van der Waals surface area contributed by atoms with Gasteiger partial charge in [-0.05, 0) is 75.5 Å². The molecule has 2 rings (SSSR count). The van der Waals surface area contributed by atoms with Crippen molar-refractivity contribution in [3.05, 3.63) is 50.4 Å². The summed E-state index contributed by atoms with van der Waals surface area (Å²) >= 11 is 6.76. The van der Waals surface area contributed by atoms with E-state index in [1.807, 2.05) is 32.0 Å². The SMILES string of the molecule is CCOc1cc(C=O)cc(Br)c1OCC(=O)Nc1ccc(C)cc1Br. The fourth-order valence-electron chi connectivity index (χ4n) is 2.10. The van der Waals surface area contributed by atoms with E-state index < -0.39 is 0 Å². The molecule has 0 aliphatic rings. The molecular formula is C18H17Br2NO4. The smallest absolute Gasteiger partial charge is 0.262 e. The van der Waals surface area contributed by atoms with Gasteiger partial charge in [0.25, 0.3) is 5.91 Å². The Morgan fingerprint density at radius 1 is 1.16 bits per heavy atom. The minimum atomic E-state index is -0.307. The lowest BCUT2D eigenvalue weighted by Crippen LogP contribution is -2.20. The van der Waals surface area contributed by atoms with Crippen LogP contribution in [0.5, 0.6) is 11.5 Å². The largest absolute Gasteiger partial charge is 0.490 e. The van der Waals surface area contributed by atoms with Crippen LogP contribution in [-0.4, -0.2) is 25.4 Å². The van der Waals surface area contributed by atoms with Crippen molar-refractivity contribution in [2.75, 3.05) is 18.5 Å². The summed E-state index contributed by atoms with van der Waals surface area (Å²) in [6, 6.07) is 8.82. The molecule has 0 aromatic heterocycles. The average molecular weight is 471 g/mol. The number of carbonyl (C=O) groups is 2. The van der Waals surface area contributed by atoms with Crippen molar-refractivity contribution in [2.45, 2.75) is 13.8 Å². The maximum atomic E-state index is 12.2. The fraction of sp³-hybridized carbons (Fsp3) is 0.222. The van der Waals surface area contributed by atoms with Crippen LogP contribution in [0.3, 0.4) is 0 Å². The third kappa shape index (κ3) is 5.31. The highest BCUT2D eigenvalue weighted by molar-refractivity contribution is 9.11. The van der Waals surface area contributed by atoms with Gasteiger partial charge in [-0.15, -0.1) is 0 Å². The van der Waals surface area contributed by atoms with Crippen LogP contribution in [0.4, 0.5) is 5.69 Å². The first-order valence-corrected chi connectivity index (χ1v) is 9.13. The van der Waals surface area contributed by atoms with E-state index in [2.05, 4.69) is 37.2 Å². The van der Waals surface area contributed by atoms with Gasteiger partial charge in [0.15, 0.2) is 18.1 Å². The van der Waals surface area contributed by atoms with Crippen molar-refractivity contribution >= 4 is 49.7 Å². The maximum Gasteiger partial charge on any atom is 0.262 e. The van der Waals surface area contributed by atoms with Gasteiger partial charge in [0.1, 0.15) is 6.29 Å². The van der Waals surface area contributed by atoms with Gasteiger partial charge in [-0.25, -0.2) is 0 Å². The third-order valence-corrected chi connectivity index (χ3v) is 4.46. The number of amides is 1. The van der Waals surface area contributed by atoms with Gasteiger partial charge in [0.2, 0.25) is 0 Å². The molecule has 0 saturated heterocycles. The quantitative estimate of drug-likeness (QED) is 0.593. The number of nitrogens with one attached hydrogen (secondary N) is 1. The number of carbonyl (C=O) groups excluding carboxylic acids is 2. The number of hydrogen-bond acceptors (Lipinski definition) is 4. The van der Waals surface area contributed by atoms with E-state index in [4.69, 9.17) is 9.47 Å². The van der Waals surface area contributed by atoms with Crippen molar-refractivity contribution in [2.24, 2.45) is 0 Å². The Bertz CT molecular complexity index is 793. The minimum absolute atomic E-state index is 0.195. The summed E-state index contributed by atoms with van der Waals surface area (Å²) in [6.45, 7) is 4.01. The summed E-state index contributed by atoms with van der Waals surface area (Å²) in [5.41, 5.74) is 2.21. The molecule has 0 heterocycles. The predicted octanol–water partition coefficient (Wildman–Crippen LogP) is 4.75. The van der Waals surface area contributed by atoms with Crippen LogP contribution >= 0.6 is 31.9 Å². The lowest BCUT2D eigenvalue weighted by molar-refractivity contribution is -0.118. The number of ether oxygens (including phenoxy) is 2. The number of benzene rings is 2. The molecule has 0 aliphatic carbocycles. The standard InChI is InChI=1S/C18H17Br2NO4/c1-3-24-16-8-12(9-22)7-14(20)18(16)25-10-17(23)21-15-5-4-11(2)6-13(15)19/h4-9H,3,10H2,1-2H3,(H,21,23). The molecule has 2 aromatic rings. The second-order valence-corrected chi connectivity index (χ2v) is 6.91. The summed E-state index contributed by atoms with van der Waals surface area (Å²) < 4.78 is 12.4. The number of aryl methyl sites for hydroxylation is 1. The molecule has 0 fully saturated rings. The number of anilines is 1. The zero-order chi connectivity index (χ0) is 18.4. The highest BCUT2D eigenvalue weighted by atomic mass is 79.9. The Balaban J connectivity index is 2.09. The molecule has 0 unspecified atom stereocenters. The summed E-state index contributed by atoms with van der Waals surface area (Å²) in [7, 11) is 0. The molecule has 1 N–H and O–H groups in total. The Kier molecular flexibility index (Phi) is 7.01.